The lowest BCUT2D eigenvalue weighted by molar-refractivity contribution is 0.880. The van der Waals surface area contributed by atoms with Gasteiger partial charge in [0.2, 0.25) is 0 Å². The Kier molecular flexibility index (Phi) is 5.67. The number of pyridine rings is 1. The summed E-state index contributed by atoms with van der Waals surface area (Å²) in [5.41, 5.74) is 3.95. The molecule has 0 radical (unpaired) electrons. The minimum atomic E-state index is 0.593. The van der Waals surface area contributed by atoms with Crippen LogP contribution in [0.2, 0.25) is 10.0 Å². The molecule has 0 aliphatic carbocycles. The maximum atomic E-state index is 6.33. The first-order valence-corrected chi connectivity index (χ1v) is 10.4. The molecule has 0 saturated heterocycles. The molecule has 7 heteroatoms. The normalized spacial score (nSPS) is 11.0. The fourth-order valence-corrected chi connectivity index (χ4v) is 4.57. The number of benzene rings is 2. The van der Waals surface area contributed by atoms with E-state index >= 15 is 0 Å². The second kappa shape index (κ2) is 8.35. The van der Waals surface area contributed by atoms with Crippen molar-refractivity contribution in [1.29, 1.82) is 0 Å². The number of thioether (sulfide) groups is 1. The highest BCUT2D eigenvalue weighted by atomic mass is 35.5. The smallest absolute Gasteiger partial charge is 0.196 e. The predicted octanol–water partition coefficient (Wildman–Crippen LogP) is 6.24. The van der Waals surface area contributed by atoms with Gasteiger partial charge in [0, 0.05) is 33.8 Å². The SMILES string of the molecule is Cc1ccccc1-n1c(SCc2c(Cl)cccc2Cl)nnc1-c1cccnc1. The number of hydrogen-bond acceptors (Lipinski definition) is 4. The molecule has 140 valence electrons. The summed E-state index contributed by atoms with van der Waals surface area (Å²) < 4.78 is 2.06. The molecule has 0 aliphatic rings. The zero-order chi connectivity index (χ0) is 19.5. The third-order valence-electron chi connectivity index (χ3n) is 4.32. The van der Waals surface area contributed by atoms with Crippen molar-refractivity contribution in [3.05, 3.63) is 88.2 Å². The van der Waals surface area contributed by atoms with E-state index in [9.17, 15) is 0 Å². The zero-order valence-electron chi connectivity index (χ0n) is 15.0. The minimum Gasteiger partial charge on any atom is -0.270 e. The van der Waals surface area contributed by atoms with E-state index in [-0.39, 0.29) is 0 Å². The maximum absolute atomic E-state index is 6.33. The molecular formula is C21H16Cl2N4S. The van der Waals surface area contributed by atoms with Gasteiger partial charge >= 0.3 is 0 Å². The molecule has 0 unspecified atom stereocenters. The monoisotopic (exact) mass is 426 g/mol. The third kappa shape index (κ3) is 3.78. The van der Waals surface area contributed by atoms with Gasteiger partial charge in [0.25, 0.3) is 0 Å². The van der Waals surface area contributed by atoms with Gasteiger partial charge in [-0.3, -0.25) is 9.55 Å². The number of aryl methyl sites for hydroxylation is 1. The van der Waals surface area contributed by atoms with Gasteiger partial charge in [-0.1, -0.05) is 59.2 Å². The van der Waals surface area contributed by atoms with E-state index in [1.54, 1.807) is 24.2 Å². The van der Waals surface area contributed by atoms with Gasteiger partial charge in [-0.15, -0.1) is 10.2 Å². The van der Waals surface area contributed by atoms with Crippen LogP contribution in [0.25, 0.3) is 17.1 Å². The highest BCUT2D eigenvalue weighted by molar-refractivity contribution is 7.98. The van der Waals surface area contributed by atoms with Crippen molar-refractivity contribution in [2.45, 2.75) is 17.8 Å². The van der Waals surface area contributed by atoms with Crippen LogP contribution in [0.4, 0.5) is 0 Å². The molecule has 4 rings (SSSR count). The number of hydrogen-bond donors (Lipinski definition) is 0. The second-order valence-corrected chi connectivity index (χ2v) is 7.92. The van der Waals surface area contributed by atoms with Gasteiger partial charge in [0.15, 0.2) is 11.0 Å². The van der Waals surface area contributed by atoms with Crippen LogP contribution >= 0.6 is 35.0 Å². The van der Waals surface area contributed by atoms with Crippen LogP contribution in [-0.4, -0.2) is 19.7 Å². The Hall–Kier alpha value is -2.34. The Morgan fingerprint density at radius 3 is 2.43 bits per heavy atom. The molecule has 0 amide bonds. The molecule has 4 nitrogen and oxygen atoms in total. The molecule has 0 N–H and O–H groups in total. The fourth-order valence-electron chi connectivity index (χ4n) is 2.88. The largest absolute Gasteiger partial charge is 0.270 e. The van der Waals surface area contributed by atoms with Crippen LogP contribution in [0.1, 0.15) is 11.1 Å². The Bertz CT molecular complexity index is 1090. The van der Waals surface area contributed by atoms with Crippen molar-refractivity contribution in [2.24, 2.45) is 0 Å². The summed E-state index contributed by atoms with van der Waals surface area (Å²) in [6.45, 7) is 2.07. The summed E-state index contributed by atoms with van der Waals surface area (Å²) in [5.74, 6) is 1.34. The molecule has 0 aliphatic heterocycles. The molecule has 0 spiro atoms. The average Bonchev–Trinajstić information content (AvgIpc) is 3.12. The maximum Gasteiger partial charge on any atom is 0.196 e. The van der Waals surface area contributed by atoms with Crippen molar-refractivity contribution in [2.75, 3.05) is 0 Å². The number of halogens is 2. The first-order chi connectivity index (χ1) is 13.6. The van der Waals surface area contributed by atoms with Gasteiger partial charge in [0.1, 0.15) is 0 Å². The van der Waals surface area contributed by atoms with Crippen molar-refractivity contribution in [1.82, 2.24) is 19.7 Å². The molecule has 28 heavy (non-hydrogen) atoms. The van der Waals surface area contributed by atoms with Crippen LogP contribution in [0.3, 0.4) is 0 Å². The molecule has 0 atom stereocenters. The number of rotatable bonds is 5. The zero-order valence-corrected chi connectivity index (χ0v) is 17.3. The van der Waals surface area contributed by atoms with E-state index in [0.29, 0.717) is 15.8 Å². The Balaban J connectivity index is 1.78. The fraction of sp³-hybridized carbons (Fsp3) is 0.0952. The van der Waals surface area contributed by atoms with Crippen LogP contribution < -0.4 is 0 Å². The highest BCUT2D eigenvalue weighted by Gasteiger charge is 2.18. The van der Waals surface area contributed by atoms with Crippen molar-refractivity contribution in [3.63, 3.8) is 0 Å². The molecule has 2 heterocycles. The summed E-state index contributed by atoms with van der Waals surface area (Å²) in [4.78, 5) is 4.22. The number of nitrogens with zero attached hydrogens (tertiary/aromatic N) is 4. The van der Waals surface area contributed by atoms with Crippen LogP contribution in [0, 0.1) is 6.92 Å². The minimum absolute atomic E-state index is 0.593. The molecule has 0 fully saturated rings. The van der Waals surface area contributed by atoms with Crippen molar-refractivity contribution >= 4 is 35.0 Å². The molecular weight excluding hydrogens is 411 g/mol. The summed E-state index contributed by atoms with van der Waals surface area (Å²) in [7, 11) is 0. The molecule has 0 saturated carbocycles. The quantitative estimate of drug-likeness (QED) is 0.354. The van der Waals surface area contributed by atoms with E-state index in [1.165, 1.54) is 0 Å². The molecule has 4 aromatic rings. The lowest BCUT2D eigenvalue weighted by atomic mass is 10.2. The Labute approximate surface area is 177 Å². The third-order valence-corrected chi connectivity index (χ3v) is 5.98. The van der Waals surface area contributed by atoms with Gasteiger partial charge in [0.05, 0.1) is 5.69 Å². The first-order valence-electron chi connectivity index (χ1n) is 8.62. The summed E-state index contributed by atoms with van der Waals surface area (Å²) in [6, 6.07) is 17.6. The van der Waals surface area contributed by atoms with E-state index in [1.807, 2.05) is 42.5 Å². The molecule has 2 aromatic carbocycles. The van der Waals surface area contributed by atoms with E-state index in [0.717, 1.165) is 33.4 Å². The molecule has 0 bridgehead atoms. The van der Waals surface area contributed by atoms with Gasteiger partial charge in [-0.05, 0) is 48.4 Å². The Morgan fingerprint density at radius 2 is 1.71 bits per heavy atom. The highest BCUT2D eigenvalue weighted by Crippen LogP contribution is 2.34. The van der Waals surface area contributed by atoms with Crippen LogP contribution in [0.15, 0.2) is 72.1 Å². The van der Waals surface area contributed by atoms with Crippen molar-refractivity contribution < 1.29 is 0 Å². The van der Waals surface area contributed by atoms with E-state index in [2.05, 4.69) is 38.8 Å². The van der Waals surface area contributed by atoms with E-state index in [4.69, 9.17) is 23.2 Å². The first kappa shape index (κ1) is 19.0. The number of aromatic nitrogens is 4. The van der Waals surface area contributed by atoms with Crippen LogP contribution in [-0.2, 0) is 5.75 Å². The number of para-hydroxylation sites is 1. The van der Waals surface area contributed by atoms with Crippen LogP contribution in [0.5, 0.6) is 0 Å². The Morgan fingerprint density at radius 1 is 0.929 bits per heavy atom. The summed E-state index contributed by atoms with van der Waals surface area (Å²) in [6.07, 6.45) is 3.53. The van der Waals surface area contributed by atoms with Gasteiger partial charge in [-0.2, -0.15) is 0 Å². The topological polar surface area (TPSA) is 43.6 Å². The molecule has 2 aromatic heterocycles. The second-order valence-electron chi connectivity index (χ2n) is 6.16. The standard InChI is InChI=1S/C21H16Cl2N4S/c1-14-6-2-3-10-19(14)27-20(15-7-5-11-24-12-15)25-26-21(27)28-13-16-17(22)8-4-9-18(16)23/h2-12H,13H2,1H3. The summed E-state index contributed by atoms with van der Waals surface area (Å²) in [5, 5.41) is 11.0. The van der Waals surface area contributed by atoms with E-state index < -0.39 is 0 Å². The predicted molar refractivity (Wildman–Crippen MR) is 115 cm³/mol. The van der Waals surface area contributed by atoms with Gasteiger partial charge in [-0.25, -0.2) is 0 Å². The lowest BCUT2D eigenvalue weighted by Gasteiger charge is -2.13. The van der Waals surface area contributed by atoms with Gasteiger partial charge < -0.3 is 0 Å². The summed E-state index contributed by atoms with van der Waals surface area (Å²) >= 11 is 14.2. The lowest BCUT2D eigenvalue weighted by Crippen LogP contribution is -2.02. The van der Waals surface area contributed by atoms with Crippen molar-refractivity contribution in [3.8, 4) is 17.1 Å². The average molecular weight is 427 g/mol.